The molecular weight excluding hydrogens is 276 g/mol. The van der Waals surface area contributed by atoms with Crippen LogP contribution in [0.2, 0.25) is 0 Å². The Hall–Kier alpha value is -2.69. The zero-order valence-corrected chi connectivity index (χ0v) is 12.5. The normalized spacial score (nSPS) is 10.8. The zero-order chi connectivity index (χ0) is 15.4. The molecule has 1 amide bonds. The summed E-state index contributed by atoms with van der Waals surface area (Å²) in [7, 11) is 0. The minimum absolute atomic E-state index is 0.0790. The number of amides is 1. The van der Waals surface area contributed by atoms with E-state index >= 15 is 0 Å². The first-order valence-corrected chi connectivity index (χ1v) is 7.40. The molecule has 0 aliphatic heterocycles. The van der Waals surface area contributed by atoms with E-state index in [-0.39, 0.29) is 5.91 Å². The second kappa shape index (κ2) is 6.39. The number of rotatable bonds is 5. The van der Waals surface area contributed by atoms with Crippen molar-refractivity contribution in [1.82, 2.24) is 19.9 Å². The molecule has 3 heterocycles. The lowest BCUT2D eigenvalue weighted by Crippen LogP contribution is -2.22. The van der Waals surface area contributed by atoms with Crippen molar-refractivity contribution in [3.63, 3.8) is 0 Å². The summed E-state index contributed by atoms with van der Waals surface area (Å²) < 4.78 is 2.04. The number of aryl methyl sites for hydroxylation is 1. The van der Waals surface area contributed by atoms with Gasteiger partial charge in [0.1, 0.15) is 5.65 Å². The lowest BCUT2D eigenvalue weighted by atomic mass is 10.2. The van der Waals surface area contributed by atoms with Gasteiger partial charge in [-0.15, -0.1) is 0 Å². The summed E-state index contributed by atoms with van der Waals surface area (Å²) in [5.41, 5.74) is 2.56. The standard InChI is InChI=1S/C17H18N4O/c1-2-10-21-12-15(14-4-3-7-19-16(14)21)17(22)20-11-13-5-8-18-9-6-13/h3-9,12H,2,10-11H2,1H3,(H,20,22). The molecule has 0 atom stereocenters. The molecule has 0 fully saturated rings. The van der Waals surface area contributed by atoms with E-state index in [1.165, 1.54) is 0 Å². The zero-order valence-electron chi connectivity index (χ0n) is 12.5. The SMILES string of the molecule is CCCn1cc(C(=O)NCc2ccncc2)c2cccnc21. The number of hydrogen-bond donors (Lipinski definition) is 1. The van der Waals surface area contributed by atoms with E-state index in [1.54, 1.807) is 18.6 Å². The van der Waals surface area contributed by atoms with Gasteiger partial charge in [-0.3, -0.25) is 9.78 Å². The fourth-order valence-corrected chi connectivity index (χ4v) is 2.49. The number of nitrogens with zero attached hydrogens (tertiary/aromatic N) is 3. The lowest BCUT2D eigenvalue weighted by Gasteiger charge is -2.04. The molecule has 5 heteroatoms. The molecule has 0 unspecified atom stereocenters. The molecule has 3 rings (SSSR count). The molecule has 0 spiro atoms. The summed E-state index contributed by atoms with van der Waals surface area (Å²) >= 11 is 0. The average Bonchev–Trinajstić information content (AvgIpc) is 2.93. The Bertz CT molecular complexity index is 780. The Morgan fingerprint density at radius 1 is 1.23 bits per heavy atom. The highest BCUT2D eigenvalue weighted by molar-refractivity contribution is 6.06. The van der Waals surface area contributed by atoms with Gasteiger partial charge in [0, 0.05) is 43.3 Å². The predicted octanol–water partition coefficient (Wildman–Crippen LogP) is 2.77. The summed E-state index contributed by atoms with van der Waals surface area (Å²) in [5, 5.41) is 3.85. The fraction of sp³-hybridized carbons (Fsp3) is 0.235. The Balaban J connectivity index is 1.84. The van der Waals surface area contributed by atoms with E-state index in [1.807, 2.05) is 35.0 Å². The van der Waals surface area contributed by atoms with E-state index in [9.17, 15) is 4.79 Å². The van der Waals surface area contributed by atoms with Crippen molar-refractivity contribution in [3.8, 4) is 0 Å². The molecule has 0 saturated heterocycles. The summed E-state index contributed by atoms with van der Waals surface area (Å²) in [6, 6.07) is 7.58. The van der Waals surface area contributed by atoms with Crippen LogP contribution in [0.25, 0.3) is 11.0 Å². The molecular formula is C17H18N4O. The molecule has 0 aliphatic carbocycles. The number of pyridine rings is 2. The number of carbonyl (C=O) groups excluding carboxylic acids is 1. The van der Waals surface area contributed by atoms with Crippen LogP contribution in [0.3, 0.4) is 0 Å². The number of fused-ring (bicyclic) bond motifs is 1. The first-order chi connectivity index (χ1) is 10.8. The Morgan fingerprint density at radius 2 is 2.05 bits per heavy atom. The number of nitrogens with one attached hydrogen (secondary N) is 1. The summed E-state index contributed by atoms with van der Waals surface area (Å²) in [5.74, 6) is -0.0790. The maximum Gasteiger partial charge on any atom is 0.253 e. The third-order valence-electron chi connectivity index (χ3n) is 3.55. The van der Waals surface area contributed by atoms with Gasteiger partial charge >= 0.3 is 0 Å². The van der Waals surface area contributed by atoms with E-state index in [0.29, 0.717) is 12.1 Å². The van der Waals surface area contributed by atoms with Crippen LogP contribution in [0.4, 0.5) is 0 Å². The van der Waals surface area contributed by atoms with Gasteiger partial charge in [-0.1, -0.05) is 6.92 Å². The molecule has 5 nitrogen and oxygen atoms in total. The van der Waals surface area contributed by atoms with Gasteiger partial charge in [-0.25, -0.2) is 4.98 Å². The first kappa shape index (κ1) is 14.3. The topological polar surface area (TPSA) is 59.8 Å². The average molecular weight is 294 g/mol. The summed E-state index contributed by atoms with van der Waals surface area (Å²) in [6.45, 7) is 3.45. The molecule has 0 aromatic carbocycles. The molecule has 1 N–H and O–H groups in total. The van der Waals surface area contributed by atoms with Crippen LogP contribution in [0, 0.1) is 0 Å². The summed E-state index contributed by atoms with van der Waals surface area (Å²) in [6.07, 6.45) is 8.09. The summed E-state index contributed by atoms with van der Waals surface area (Å²) in [4.78, 5) is 20.8. The number of carbonyl (C=O) groups is 1. The molecule has 3 aromatic heterocycles. The second-order valence-corrected chi connectivity index (χ2v) is 5.15. The Kier molecular flexibility index (Phi) is 4.14. The van der Waals surface area contributed by atoms with Crippen molar-refractivity contribution >= 4 is 16.9 Å². The predicted molar refractivity (Wildman–Crippen MR) is 85.4 cm³/mol. The van der Waals surface area contributed by atoms with Crippen molar-refractivity contribution in [2.75, 3.05) is 0 Å². The molecule has 0 bridgehead atoms. The van der Waals surface area contributed by atoms with Gasteiger partial charge in [0.05, 0.1) is 5.56 Å². The van der Waals surface area contributed by atoms with Crippen molar-refractivity contribution in [1.29, 1.82) is 0 Å². The molecule has 22 heavy (non-hydrogen) atoms. The first-order valence-electron chi connectivity index (χ1n) is 7.40. The fourth-order valence-electron chi connectivity index (χ4n) is 2.49. The molecule has 112 valence electrons. The second-order valence-electron chi connectivity index (χ2n) is 5.15. The van der Waals surface area contributed by atoms with Crippen LogP contribution in [0.15, 0.2) is 49.1 Å². The van der Waals surface area contributed by atoms with Gasteiger partial charge in [0.25, 0.3) is 5.91 Å². The van der Waals surface area contributed by atoms with Crippen LogP contribution >= 0.6 is 0 Å². The van der Waals surface area contributed by atoms with Crippen LogP contribution < -0.4 is 5.32 Å². The minimum Gasteiger partial charge on any atom is -0.348 e. The van der Waals surface area contributed by atoms with Crippen LogP contribution in [-0.2, 0) is 13.1 Å². The number of aromatic nitrogens is 3. The van der Waals surface area contributed by atoms with Crippen molar-refractivity contribution in [2.45, 2.75) is 26.4 Å². The van der Waals surface area contributed by atoms with E-state index in [4.69, 9.17) is 0 Å². The van der Waals surface area contributed by atoms with Crippen LogP contribution in [0.5, 0.6) is 0 Å². The van der Waals surface area contributed by atoms with Crippen LogP contribution in [-0.4, -0.2) is 20.4 Å². The smallest absolute Gasteiger partial charge is 0.253 e. The highest BCUT2D eigenvalue weighted by Crippen LogP contribution is 2.19. The third kappa shape index (κ3) is 2.83. The monoisotopic (exact) mass is 294 g/mol. The highest BCUT2D eigenvalue weighted by atomic mass is 16.1. The maximum atomic E-state index is 12.5. The van der Waals surface area contributed by atoms with E-state index < -0.39 is 0 Å². The Morgan fingerprint density at radius 3 is 2.82 bits per heavy atom. The maximum absolute atomic E-state index is 12.5. The molecule has 3 aromatic rings. The van der Waals surface area contributed by atoms with Crippen molar-refractivity contribution in [3.05, 3.63) is 60.2 Å². The Labute approximate surface area is 129 Å². The quantitative estimate of drug-likeness (QED) is 0.787. The van der Waals surface area contributed by atoms with Gasteiger partial charge in [-0.05, 0) is 36.2 Å². The third-order valence-corrected chi connectivity index (χ3v) is 3.55. The highest BCUT2D eigenvalue weighted by Gasteiger charge is 2.15. The molecule has 0 saturated carbocycles. The molecule has 0 aliphatic rings. The van der Waals surface area contributed by atoms with E-state index in [2.05, 4.69) is 22.2 Å². The number of hydrogen-bond acceptors (Lipinski definition) is 3. The van der Waals surface area contributed by atoms with Crippen molar-refractivity contribution < 1.29 is 4.79 Å². The van der Waals surface area contributed by atoms with Crippen LogP contribution in [0.1, 0.15) is 29.3 Å². The van der Waals surface area contributed by atoms with Gasteiger partial charge in [0.15, 0.2) is 0 Å². The minimum atomic E-state index is -0.0790. The van der Waals surface area contributed by atoms with E-state index in [0.717, 1.165) is 29.6 Å². The van der Waals surface area contributed by atoms with Gasteiger partial charge in [-0.2, -0.15) is 0 Å². The van der Waals surface area contributed by atoms with Gasteiger partial charge < -0.3 is 9.88 Å². The van der Waals surface area contributed by atoms with Crippen molar-refractivity contribution in [2.24, 2.45) is 0 Å². The lowest BCUT2D eigenvalue weighted by molar-refractivity contribution is 0.0952. The van der Waals surface area contributed by atoms with Gasteiger partial charge in [0.2, 0.25) is 0 Å². The largest absolute Gasteiger partial charge is 0.348 e. The molecule has 0 radical (unpaired) electrons.